The summed E-state index contributed by atoms with van der Waals surface area (Å²) in [6.45, 7) is 3.93. The molecular weight excluding hydrogens is 430 g/mol. The number of benzene rings is 3. The third-order valence-corrected chi connectivity index (χ3v) is 5.52. The van der Waals surface area contributed by atoms with E-state index in [1.165, 1.54) is 0 Å². The van der Waals surface area contributed by atoms with E-state index in [2.05, 4.69) is 4.98 Å². The Morgan fingerprint density at radius 1 is 0.941 bits per heavy atom. The third-order valence-electron chi connectivity index (χ3n) is 5.52. The number of aliphatic carboxylic acids is 1. The molecule has 0 aliphatic rings. The molecule has 0 saturated carbocycles. The summed E-state index contributed by atoms with van der Waals surface area (Å²) in [5.41, 5.74) is 1.27. The Morgan fingerprint density at radius 2 is 1.59 bits per heavy atom. The fourth-order valence-corrected chi connectivity index (χ4v) is 3.63. The van der Waals surface area contributed by atoms with Gasteiger partial charge in [-0.15, -0.1) is 0 Å². The molecule has 1 heterocycles. The molecule has 1 N–H and O–H groups in total. The Kier molecular flexibility index (Phi) is 6.97. The number of para-hydroxylation sites is 1. The van der Waals surface area contributed by atoms with Gasteiger partial charge in [-0.3, -0.25) is 0 Å². The minimum atomic E-state index is -1.38. The molecule has 0 unspecified atom stereocenters. The number of nitrogens with zero attached hydrogens (tertiary/aromatic N) is 1. The van der Waals surface area contributed by atoms with E-state index in [1.54, 1.807) is 19.1 Å². The van der Waals surface area contributed by atoms with Gasteiger partial charge in [0.1, 0.15) is 17.3 Å². The number of aryl methyl sites for hydroxylation is 1. The van der Waals surface area contributed by atoms with Gasteiger partial charge in [0.25, 0.3) is 0 Å². The van der Waals surface area contributed by atoms with Gasteiger partial charge in [0, 0.05) is 18.4 Å². The number of carboxylic acids is 1. The Hall–Kier alpha value is -4.06. The van der Waals surface area contributed by atoms with Crippen molar-refractivity contribution >= 4 is 5.97 Å². The van der Waals surface area contributed by atoms with Gasteiger partial charge in [0.15, 0.2) is 0 Å². The van der Waals surface area contributed by atoms with Gasteiger partial charge in [0.05, 0.1) is 12.3 Å². The molecule has 0 fully saturated rings. The van der Waals surface area contributed by atoms with Crippen molar-refractivity contribution in [2.24, 2.45) is 0 Å². The first-order chi connectivity index (χ1) is 16.4. The SMILES string of the molecule is Cc1oc(-c2ccccc2)nc1CCOc1ccc(C[C@@](C)(Oc2ccccc2)C(=O)O)cc1. The van der Waals surface area contributed by atoms with Crippen LogP contribution < -0.4 is 9.47 Å². The van der Waals surface area contributed by atoms with Crippen LogP contribution in [0.4, 0.5) is 0 Å². The molecule has 0 saturated heterocycles. The summed E-state index contributed by atoms with van der Waals surface area (Å²) in [7, 11) is 0. The van der Waals surface area contributed by atoms with Crippen LogP contribution in [0.5, 0.6) is 11.5 Å². The second-order valence-corrected chi connectivity index (χ2v) is 8.26. The lowest BCUT2D eigenvalue weighted by atomic mass is 9.96. The Morgan fingerprint density at radius 3 is 2.24 bits per heavy atom. The lowest BCUT2D eigenvalue weighted by molar-refractivity contribution is -0.153. The molecule has 0 spiro atoms. The van der Waals surface area contributed by atoms with E-state index in [4.69, 9.17) is 13.9 Å². The number of hydrogen-bond donors (Lipinski definition) is 1. The van der Waals surface area contributed by atoms with Crippen molar-refractivity contribution in [2.45, 2.75) is 32.3 Å². The zero-order valence-corrected chi connectivity index (χ0v) is 19.2. The van der Waals surface area contributed by atoms with Gasteiger partial charge < -0.3 is 19.0 Å². The van der Waals surface area contributed by atoms with E-state index < -0.39 is 11.6 Å². The molecule has 0 bridgehead atoms. The minimum absolute atomic E-state index is 0.220. The zero-order chi connectivity index (χ0) is 24.0. The molecule has 34 heavy (non-hydrogen) atoms. The normalized spacial score (nSPS) is 12.6. The lowest BCUT2D eigenvalue weighted by Gasteiger charge is -2.26. The minimum Gasteiger partial charge on any atom is -0.493 e. The number of aromatic nitrogens is 1. The van der Waals surface area contributed by atoms with Gasteiger partial charge in [-0.25, -0.2) is 9.78 Å². The zero-order valence-electron chi connectivity index (χ0n) is 19.2. The summed E-state index contributed by atoms with van der Waals surface area (Å²) in [4.78, 5) is 16.5. The van der Waals surface area contributed by atoms with E-state index in [0.29, 0.717) is 30.4 Å². The van der Waals surface area contributed by atoms with E-state index >= 15 is 0 Å². The predicted molar refractivity (Wildman–Crippen MR) is 129 cm³/mol. The van der Waals surface area contributed by atoms with Crippen molar-refractivity contribution in [3.63, 3.8) is 0 Å². The van der Waals surface area contributed by atoms with Gasteiger partial charge in [0.2, 0.25) is 11.5 Å². The number of carboxylic acid groups (broad SMARTS) is 1. The van der Waals surface area contributed by atoms with Crippen molar-refractivity contribution in [1.29, 1.82) is 0 Å². The maximum absolute atomic E-state index is 11.9. The monoisotopic (exact) mass is 457 g/mol. The number of carbonyl (C=O) groups is 1. The fourth-order valence-electron chi connectivity index (χ4n) is 3.63. The van der Waals surface area contributed by atoms with Gasteiger partial charge in [-0.2, -0.15) is 0 Å². The highest BCUT2D eigenvalue weighted by Gasteiger charge is 2.36. The van der Waals surface area contributed by atoms with E-state index in [1.807, 2.05) is 79.7 Å². The average molecular weight is 458 g/mol. The predicted octanol–water partition coefficient (Wildman–Crippen LogP) is 5.74. The quantitative estimate of drug-likeness (QED) is 0.327. The summed E-state index contributed by atoms with van der Waals surface area (Å²) in [5, 5.41) is 9.77. The Bertz CT molecular complexity index is 1220. The standard InChI is InChI=1S/C28H27NO5/c1-20-25(29-26(33-20)22-9-5-3-6-10-22)17-18-32-23-15-13-21(14-16-23)19-28(2,27(30)31)34-24-11-7-4-8-12-24/h3-16H,17-19H2,1-2H3,(H,30,31)/t28-/m1/s1. The first-order valence-electron chi connectivity index (χ1n) is 11.1. The highest BCUT2D eigenvalue weighted by atomic mass is 16.5. The largest absolute Gasteiger partial charge is 0.493 e. The molecule has 174 valence electrons. The number of hydrogen-bond acceptors (Lipinski definition) is 5. The second-order valence-electron chi connectivity index (χ2n) is 8.26. The van der Waals surface area contributed by atoms with Crippen LogP contribution in [0.25, 0.3) is 11.5 Å². The molecule has 6 heteroatoms. The smallest absolute Gasteiger partial charge is 0.348 e. The van der Waals surface area contributed by atoms with Crippen LogP contribution >= 0.6 is 0 Å². The molecule has 3 aromatic carbocycles. The summed E-state index contributed by atoms with van der Waals surface area (Å²) in [6, 6.07) is 26.2. The Balaban J connectivity index is 1.34. The maximum atomic E-state index is 11.9. The van der Waals surface area contributed by atoms with Crippen molar-refractivity contribution in [2.75, 3.05) is 6.61 Å². The molecule has 6 nitrogen and oxygen atoms in total. The average Bonchev–Trinajstić information content (AvgIpc) is 3.22. The summed E-state index contributed by atoms with van der Waals surface area (Å²) >= 11 is 0. The van der Waals surface area contributed by atoms with Crippen LogP contribution in [-0.2, 0) is 17.6 Å². The molecule has 1 aromatic heterocycles. The van der Waals surface area contributed by atoms with E-state index in [-0.39, 0.29) is 6.42 Å². The van der Waals surface area contributed by atoms with Crippen molar-refractivity contribution in [3.05, 3.63) is 102 Å². The molecule has 0 radical (unpaired) electrons. The number of ether oxygens (including phenoxy) is 2. The molecule has 0 aliphatic carbocycles. The highest BCUT2D eigenvalue weighted by Crippen LogP contribution is 2.25. The molecule has 0 aliphatic heterocycles. The van der Waals surface area contributed by atoms with Crippen LogP contribution in [-0.4, -0.2) is 28.3 Å². The van der Waals surface area contributed by atoms with E-state index in [9.17, 15) is 9.90 Å². The lowest BCUT2D eigenvalue weighted by Crippen LogP contribution is -2.43. The molecule has 4 rings (SSSR count). The maximum Gasteiger partial charge on any atom is 0.348 e. The topological polar surface area (TPSA) is 81.8 Å². The van der Waals surface area contributed by atoms with Gasteiger partial charge in [-0.1, -0.05) is 48.5 Å². The van der Waals surface area contributed by atoms with Crippen LogP contribution in [0, 0.1) is 6.92 Å². The fraction of sp³-hybridized carbons (Fsp3) is 0.214. The van der Waals surface area contributed by atoms with Crippen LogP contribution in [0.3, 0.4) is 0 Å². The van der Waals surface area contributed by atoms with Crippen molar-refractivity contribution in [1.82, 2.24) is 4.98 Å². The molecular formula is C28H27NO5. The first kappa shape index (κ1) is 23.1. The van der Waals surface area contributed by atoms with Gasteiger partial charge in [-0.05, 0) is 55.8 Å². The number of oxazole rings is 1. The van der Waals surface area contributed by atoms with E-state index in [0.717, 1.165) is 22.6 Å². The van der Waals surface area contributed by atoms with Crippen molar-refractivity contribution < 1.29 is 23.8 Å². The van der Waals surface area contributed by atoms with Crippen LogP contribution in [0.2, 0.25) is 0 Å². The van der Waals surface area contributed by atoms with Crippen molar-refractivity contribution in [3.8, 4) is 23.0 Å². The number of rotatable bonds is 10. The summed E-state index contributed by atoms with van der Waals surface area (Å²) in [5.74, 6) is 1.59. The highest BCUT2D eigenvalue weighted by molar-refractivity contribution is 5.78. The van der Waals surface area contributed by atoms with Crippen LogP contribution in [0.15, 0.2) is 89.3 Å². The third kappa shape index (κ3) is 5.64. The summed E-state index contributed by atoms with van der Waals surface area (Å²) < 4.78 is 17.5. The molecule has 1 atom stereocenters. The summed E-state index contributed by atoms with van der Waals surface area (Å²) in [6.07, 6.45) is 0.837. The second kappa shape index (κ2) is 10.3. The first-order valence-corrected chi connectivity index (χ1v) is 11.1. The molecule has 4 aromatic rings. The van der Waals surface area contributed by atoms with Crippen LogP contribution in [0.1, 0.15) is 23.9 Å². The Labute approximate surface area is 198 Å². The van der Waals surface area contributed by atoms with Gasteiger partial charge >= 0.3 is 5.97 Å². The molecule has 0 amide bonds.